The zero-order chi connectivity index (χ0) is 20.8. The maximum Gasteiger partial charge on any atom is 0.107 e. The molecule has 3 atom stereocenters. The molecule has 4 nitrogen and oxygen atoms in total. The van der Waals surface area contributed by atoms with Crippen LogP contribution in [0.2, 0.25) is 5.02 Å². The molecular formula is C25H30ClN3O. The second-order valence-corrected chi connectivity index (χ2v) is 9.53. The van der Waals surface area contributed by atoms with E-state index in [1.807, 2.05) is 13.2 Å². The Morgan fingerprint density at radius 2 is 1.93 bits per heavy atom. The second kappa shape index (κ2) is 7.99. The van der Waals surface area contributed by atoms with Gasteiger partial charge in [-0.05, 0) is 80.0 Å². The first kappa shape index (κ1) is 20.0. The molecule has 0 spiro atoms. The van der Waals surface area contributed by atoms with Crippen LogP contribution in [0, 0.1) is 19.8 Å². The number of aryl methyl sites for hydroxylation is 2. The summed E-state index contributed by atoms with van der Waals surface area (Å²) in [6.07, 6.45) is 3.56. The summed E-state index contributed by atoms with van der Waals surface area (Å²) >= 11 is 6.19. The number of benzene rings is 2. The van der Waals surface area contributed by atoms with E-state index in [0.29, 0.717) is 12.0 Å². The lowest BCUT2D eigenvalue weighted by Gasteiger charge is -2.40. The smallest absolute Gasteiger partial charge is 0.107 e. The zero-order valence-electron chi connectivity index (χ0n) is 18.1. The van der Waals surface area contributed by atoms with Gasteiger partial charge >= 0.3 is 0 Å². The van der Waals surface area contributed by atoms with E-state index in [2.05, 4.69) is 53.6 Å². The van der Waals surface area contributed by atoms with Crippen LogP contribution in [-0.2, 0) is 17.6 Å². The third-order valence-electron chi connectivity index (χ3n) is 6.97. The number of hydrogen-bond acceptors (Lipinski definition) is 3. The van der Waals surface area contributed by atoms with Gasteiger partial charge in [0.25, 0.3) is 0 Å². The number of aromatic nitrogens is 2. The quantitative estimate of drug-likeness (QED) is 0.592. The van der Waals surface area contributed by atoms with Gasteiger partial charge in [-0.25, -0.2) is 4.98 Å². The summed E-state index contributed by atoms with van der Waals surface area (Å²) < 4.78 is 8.43. The number of likely N-dealkylation sites (tertiary alicyclic amines) is 1. The van der Waals surface area contributed by atoms with Gasteiger partial charge in [0.15, 0.2) is 0 Å². The number of imidazole rings is 1. The molecule has 158 valence electrons. The number of methoxy groups -OCH3 is 1. The average molecular weight is 424 g/mol. The Bertz CT molecular complexity index is 1080. The number of piperidine rings is 1. The summed E-state index contributed by atoms with van der Waals surface area (Å²) in [5.74, 6) is 1.76. The normalized spacial score (nSPS) is 24.5. The summed E-state index contributed by atoms with van der Waals surface area (Å²) in [4.78, 5) is 7.43. The average Bonchev–Trinajstić information content (AvgIpc) is 3.26. The van der Waals surface area contributed by atoms with Crippen LogP contribution in [0.25, 0.3) is 11.0 Å². The van der Waals surface area contributed by atoms with Crippen molar-refractivity contribution in [3.05, 3.63) is 63.9 Å². The van der Waals surface area contributed by atoms with Crippen molar-refractivity contribution in [3.63, 3.8) is 0 Å². The van der Waals surface area contributed by atoms with Crippen molar-refractivity contribution >= 4 is 22.6 Å². The van der Waals surface area contributed by atoms with Gasteiger partial charge < -0.3 is 14.2 Å². The molecule has 1 saturated heterocycles. The number of nitrogens with zero attached hydrogens (tertiary/aromatic N) is 3. The number of ether oxygens (including phenoxy) is 1. The number of halogens is 1. The highest BCUT2D eigenvalue weighted by Gasteiger charge is 2.34. The molecule has 3 aromatic rings. The predicted octanol–water partition coefficient (Wildman–Crippen LogP) is 4.98. The van der Waals surface area contributed by atoms with E-state index in [4.69, 9.17) is 21.3 Å². The Morgan fingerprint density at radius 3 is 2.77 bits per heavy atom. The van der Waals surface area contributed by atoms with Crippen LogP contribution in [0.1, 0.15) is 35.0 Å². The SMILES string of the molecule is CO[C@H]1CN(CC2Cc3ccc(Cl)cc3C2)CC[C@@H]1n1c(C)nc2cc(C)ccc21. The molecular weight excluding hydrogens is 394 g/mol. The fourth-order valence-electron chi connectivity index (χ4n) is 5.58. The highest BCUT2D eigenvalue weighted by molar-refractivity contribution is 6.30. The van der Waals surface area contributed by atoms with Crippen LogP contribution in [0.5, 0.6) is 0 Å². The molecule has 1 aromatic heterocycles. The van der Waals surface area contributed by atoms with E-state index in [0.717, 1.165) is 55.3 Å². The van der Waals surface area contributed by atoms with Gasteiger partial charge in [-0.3, -0.25) is 0 Å². The van der Waals surface area contributed by atoms with Gasteiger partial charge in [-0.1, -0.05) is 23.7 Å². The van der Waals surface area contributed by atoms with E-state index >= 15 is 0 Å². The monoisotopic (exact) mass is 423 g/mol. The maximum atomic E-state index is 6.19. The highest BCUT2D eigenvalue weighted by Crippen LogP contribution is 2.33. The minimum absolute atomic E-state index is 0.175. The lowest BCUT2D eigenvalue weighted by atomic mass is 9.98. The predicted molar refractivity (Wildman–Crippen MR) is 122 cm³/mol. The van der Waals surface area contributed by atoms with Gasteiger partial charge in [0, 0.05) is 31.8 Å². The fraction of sp³-hybridized carbons (Fsp3) is 0.480. The van der Waals surface area contributed by atoms with Crippen molar-refractivity contribution in [2.75, 3.05) is 26.7 Å². The molecule has 1 unspecified atom stereocenters. The van der Waals surface area contributed by atoms with Crippen molar-refractivity contribution in [2.45, 2.75) is 45.3 Å². The van der Waals surface area contributed by atoms with Crippen molar-refractivity contribution in [1.82, 2.24) is 14.5 Å². The molecule has 1 fully saturated rings. The van der Waals surface area contributed by atoms with Crippen molar-refractivity contribution in [2.24, 2.45) is 5.92 Å². The molecule has 2 heterocycles. The van der Waals surface area contributed by atoms with Crippen molar-refractivity contribution in [3.8, 4) is 0 Å². The number of hydrogen-bond donors (Lipinski definition) is 0. The summed E-state index contributed by atoms with van der Waals surface area (Å²) in [6, 6.07) is 13.3. The van der Waals surface area contributed by atoms with Gasteiger partial charge in [-0.2, -0.15) is 0 Å². The molecule has 0 amide bonds. The van der Waals surface area contributed by atoms with E-state index in [-0.39, 0.29) is 6.10 Å². The molecule has 1 aliphatic carbocycles. The Labute approximate surface area is 183 Å². The molecule has 5 rings (SSSR count). The third kappa shape index (κ3) is 3.66. The molecule has 2 aromatic carbocycles. The largest absolute Gasteiger partial charge is 0.378 e. The zero-order valence-corrected chi connectivity index (χ0v) is 18.8. The standard InChI is InChI=1S/C25H30ClN3O/c1-16-4-7-23-22(10-16)27-17(2)29(23)24-8-9-28(15-25(24)30-3)14-18-11-19-5-6-21(26)13-20(19)12-18/h4-7,10,13,18,24-25H,8-9,11-12,14-15H2,1-3H3/t18?,24-,25-/m0/s1. The van der Waals surface area contributed by atoms with Crippen LogP contribution in [0.15, 0.2) is 36.4 Å². The second-order valence-electron chi connectivity index (χ2n) is 9.10. The Kier molecular flexibility index (Phi) is 5.34. The van der Waals surface area contributed by atoms with E-state index in [1.54, 1.807) is 0 Å². The minimum atomic E-state index is 0.175. The topological polar surface area (TPSA) is 30.3 Å². The van der Waals surface area contributed by atoms with Crippen molar-refractivity contribution < 1.29 is 4.74 Å². The Balaban J connectivity index is 1.30. The lowest BCUT2D eigenvalue weighted by Crippen LogP contribution is -2.47. The summed E-state index contributed by atoms with van der Waals surface area (Å²) in [5, 5.41) is 0.854. The molecule has 2 aliphatic rings. The molecule has 0 N–H and O–H groups in total. The maximum absolute atomic E-state index is 6.19. The molecule has 0 radical (unpaired) electrons. The molecule has 0 bridgehead atoms. The Hall–Kier alpha value is -1.88. The molecule has 30 heavy (non-hydrogen) atoms. The van der Waals surface area contributed by atoms with Gasteiger partial charge in [0.2, 0.25) is 0 Å². The van der Waals surface area contributed by atoms with E-state index in [1.165, 1.54) is 22.2 Å². The first-order valence-electron chi connectivity index (χ1n) is 11.0. The molecule has 1 aliphatic heterocycles. The van der Waals surface area contributed by atoms with Gasteiger partial charge in [0.05, 0.1) is 23.2 Å². The summed E-state index contributed by atoms with van der Waals surface area (Å²) in [6.45, 7) is 7.44. The number of rotatable bonds is 4. The van der Waals surface area contributed by atoms with Crippen LogP contribution >= 0.6 is 11.6 Å². The van der Waals surface area contributed by atoms with Crippen LogP contribution in [0.4, 0.5) is 0 Å². The fourth-order valence-corrected chi connectivity index (χ4v) is 5.78. The van der Waals surface area contributed by atoms with E-state index < -0.39 is 0 Å². The Morgan fingerprint density at radius 1 is 1.10 bits per heavy atom. The minimum Gasteiger partial charge on any atom is -0.378 e. The number of fused-ring (bicyclic) bond motifs is 2. The van der Waals surface area contributed by atoms with Gasteiger partial charge in [-0.15, -0.1) is 0 Å². The molecule has 0 saturated carbocycles. The summed E-state index contributed by atoms with van der Waals surface area (Å²) in [7, 11) is 1.85. The van der Waals surface area contributed by atoms with Crippen LogP contribution in [-0.4, -0.2) is 47.3 Å². The van der Waals surface area contributed by atoms with Crippen LogP contribution in [0.3, 0.4) is 0 Å². The molecule has 5 heteroatoms. The first-order valence-corrected chi connectivity index (χ1v) is 11.4. The van der Waals surface area contributed by atoms with Gasteiger partial charge in [0.1, 0.15) is 5.82 Å². The first-order chi connectivity index (χ1) is 14.5. The van der Waals surface area contributed by atoms with Crippen LogP contribution < -0.4 is 0 Å². The van der Waals surface area contributed by atoms with Crippen molar-refractivity contribution in [1.29, 1.82) is 0 Å². The van der Waals surface area contributed by atoms with E-state index in [9.17, 15) is 0 Å². The lowest BCUT2D eigenvalue weighted by molar-refractivity contribution is -0.00928. The summed E-state index contributed by atoms with van der Waals surface area (Å²) in [5.41, 5.74) is 6.47. The highest BCUT2D eigenvalue weighted by atomic mass is 35.5. The third-order valence-corrected chi connectivity index (χ3v) is 7.20.